The predicted molar refractivity (Wildman–Crippen MR) is 83.8 cm³/mol. The van der Waals surface area contributed by atoms with Gasteiger partial charge < -0.3 is 15.5 Å². The first-order valence-electron chi connectivity index (χ1n) is 7.42. The van der Waals surface area contributed by atoms with Crippen LogP contribution in [0.25, 0.3) is 0 Å². The Kier molecular flexibility index (Phi) is 5.32. The molecule has 0 radical (unpaired) electrons. The Hall–Kier alpha value is -1.89. The van der Waals surface area contributed by atoms with Gasteiger partial charge in [-0.1, -0.05) is 0 Å². The van der Waals surface area contributed by atoms with Crippen molar-refractivity contribution in [3.63, 3.8) is 0 Å². The Labute approximate surface area is 124 Å². The molecule has 2 rings (SSSR count). The molecule has 2 heterocycles. The van der Waals surface area contributed by atoms with E-state index in [0.29, 0.717) is 24.1 Å². The van der Waals surface area contributed by atoms with E-state index in [2.05, 4.69) is 27.6 Å². The molecule has 1 aliphatic rings. The molecule has 1 unspecified atom stereocenters. The molecule has 7 heteroatoms. The van der Waals surface area contributed by atoms with Crippen LogP contribution in [0.2, 0.25) is 0 Å². The van der Waals surface area contributed by atoms with Crippen LogP contribution in [-0.2, 0) is 0 Å². The molecule has 1 aliphatic heterocycles. The van der Waals surface area contributed by atoms with Crippen LogP contribution in [-0.4, -0.2) is 48.0 Å². The summed E-state index contributed by atoms with van der Waals surface area (Å²) in [4.78, 5) is 17.3. The van der Waals surface area contributed by atoms with E-state index in [1.165, 1.54) is 12.5 Å². The van der Waals surface area contributed by atoms with E-state index in [0.717, 1.165) is 26.1 Å². The first-order chi connectivity index (χ1) is 10.1. The standard InChI is InChI=1S/C14H23N5O2/c1-3-15-13-7-6-12(19(20)21)14(17-13)16-9-11-5-4-8-18(2)10-11/h6-7,11H,3-5,8-10H2,1-2H3,(H2,15,16,17). The third-order valence-electron chi connectivity index (χ3n) is 3.71. The number of hydrogen-bond donors (Lipinski definition) is 2. The van der Waals surface area contributed by atoms with Crippen molar-refractivity contribution in [1.29, 1.82) is 0 Å². The molecule has 0 saturated carbocycles. The lowest BCUT2D eigenvalue weighted by molar-refractivity contribution is -0.384. The molecule has 0 aliphatic carbocycles. The van der Waals surface area contributed by atoms with Crippen LogP contribution in [0.1, 0.15) is 19.8 Å². The number of likely N-dealkylation sites (tertiary alicyclic amines) is 1. The van der Waals surface area contributed by atoms with Crippen molar-refractivity contribution in [3.05, 3.63) is 22.2 Å². The van der Waals surface area contributed by atoms with Crippen molar-refractivity contribution in [2.24, 2.45) is 5.92 Å². The highest BCUT2D eigenvalue weighted by Gasteiger charge is 2.20. The number of hydrogen-bond acceptors (Lipinski definition) is 6. The highest BCUT2D eigenvalue weighted by Crippen LogP contribution is 2.25. The van der Waals surface area contributed by atoms with Crippen LogP contribution >= 0.6 is 0 Å². The van der Waals surface area contributed by atoms with Crippen LogP contribution < -0.4 is 10.6 Å². The molecule has 0 bridgehead atoms. The maximum Gasteiger partial charge on any atom is 0.311 e. The molecule has 21 heavy (non-hydrogen) atoms. The van der Waals surface area contributed by atoms with E-state index in [1.807, 2.05) is 6.92 Å². The smallest absolute Gasteiger partial charge is 0.311 e. The summed E-state index contributed by atoms with van der Waals surface area (Å²) < 4.78 is 0. The zero-order chi connectivity index (χ0) is 15.2. The van der Waals surface area contributed by atoms with Gasteiger partial charge in [0.25, 0.3) is 0 Å². The Morgan fingerprint density at radius 3 is 2.95 bits per heavy atom. The summed E-state index contributed by atoms with van der Waals surface area (Å²) in [5.74, 6) is 1.52. The third kappa shape index (κ3) is 4.29. The van der Waals surface area contributed by atoms with Gasteiger partial charge in [0.05, 0.1) is 4.92 Å². The lowest BCUT2D eigenvalue weighted by Crippen LogP contribution is -2.35. The topological polar surface area (TPSA) is 83.3 Å². The van der Waals surface area contributed by atoms with Crippen molar-refractivity contribution in [3.8, 4) is 0 Å². The number of nitrogens with zero attached hydrogens (tertiary/aromatic N) is 3. The molecule has 0 spiro atoms. The van der Waals surface area contributed by atoms with Gasteiger partial charge in [0.1, 0.15) is 5.82 Å². The molecule has 0 amide bonds. The quantitative estimate of drug-likeness (QED) is 0.618. The maximum absolute atomic E-state index is 11.1. The lowest BCUT2D eigenvalue weighted by Gasteiger charge is -2.29. The summed E-state index contributed by atoms with van der Waals surface area (Å²) >= 11 is 0. The van der Waals surface area contributed by atoms with Crippen LogP contribution in [0.3, 0.4) is 0 Å². The van der Waals surface area contributed by atoms with Crippen molar-refractivity contribution in [1.82, 2.24) is 9.88 Å². The number of nitro groups is 1. The third-order valence-corrected chi connectivity index (χ3v) is 3.71. The van der Waals surface area contributed by atoms with Crippen LogP contribution in [0.4, 0.5) is 17.3 Å². The average Bonchev–Trinajstić information content (AvgIpc) is 2.45. The minimum atomic E-state index is -0.391. The fraction of sp³-hybridized carbons (Fsp3) is 0.643. The number of aromatic nitrogens is 1. The Morgan fingerprint density at radius 2 is 2.29 bits per heavy atom. The zero-order valence-corrected chi connectivity index (χ0v) is 12.6. The van der Waals surface area contributed by atoms with E-state index < -0.39 is 4.92 Å². The molecule has 1 aromatic heterocycles. The van der Waals surface area contributed by atoms with Crippen molar-refractivity contribution in [2.75, 3.05) is 43.9 Å². The Bertz CT molecular complexity index is 494. The number of piperidine rings is 1. The average molecular weight is 293 g/mol. The van der Waals surface area contributed by atoms with E-state index in [-0.39, 0.29) is 5.69 Å². The van der Waals surface area contributed by atoms with E-state index in [4.69, 9.17) is 0 Å². The molecule has 1 saturated heterocycles. The molecule has 116 valence electrons. The summed E-state index contributed by atoms with van der Waals surface area (Å²) in [5, 5.41) is 17.3. The number of pyridine rings is 1. The van der Waals surface area contributed by atoms with Gasteiger partial charge in [-0.3, -0.25) is 10.1 Å². The van der Waals surface area contributed by atoms with Gasteiger partial charge in [-0.2, -0.15) is 0 Å². The minimum Gasteiger partial charge on any atom is -0.370 e. The van der Waals surface area contributed by atoms with Gasteiger partial charge in [-0.05, 0) is 45.3 Å². The first kappa shape index (κ1) is 15.5. The molecule has 1 atom stereocenters. The predicted octanol–water partition coefficient (Wildman–Crippen LogP) is 2.18. The van der Waals surface area contributed by atoms with Crippen LogP contribution in [0.5, 0.6) is 0 Å². The summed E-state index contributed by atoms with van der Waals surface area (Å²) in [5.41, 5.74) is 0.0285. The molecule has 1 aromatic rings. The highest BCUT2D eigenvalue weighted by atomic mass is 16.6. The van der Waals surface area contributed by atoms with Crippen molar-refractivity contribution in [2.45, 2.75) is 19.8 Å². The molecular weight excluding hydrogens is 270 g/mol. The second-order valence-corrected chi connectivity index (χ2v) is 5.50. The van der Waals surface area contributed by atoms with E-state index >= 15 is 0 Å². The van der Waals surface area contributed by atoms with Gasteiger partial charge in [0, 0.05) is 25.7 Å². The Balaban J connectivity index is 2.05. The fourth-order valence-corrected chi connectivity index (χ4v) is 2.69. The molecule has 0 aromatic carbocycles. The van der Waals surface area contributed by atoms with Crippen molar-refractivity contribution < 1.29 is 4.92 Å². The largest absolute Gasteiger partial charge is 0.370 e. The molecule has 1 fully saturated rings. The van der Waals surface area contributed by atoms with Crippen LogP contribution in [0, 0.1) is 16.0 Å². The van der Waals surface area contributed by atoms with E-state index in [9.17, 15) is 10.1 Å². The molecule has 7 nitrogen and oxygen atoms in total. The normalized spacial score (nSPS) is 19.2. The SMILES string of the molecule is CCNc1ccc([N+](=O)[O-])c(NCC2CCCN(C)C2)n1. The van der Waals surface area contributed by atoms with Gasteiger partial charge in [0.2, 0.25) is 5.82 Å². The lowest BCUT2D eigenvalue weighted by atomic mass is 9.98. The van der Waals surface area contributed by atoms with Crippen LogP contribution in [0.15, 0.2) is 12.1 Å². The summed E-state index contributed by atoms with van der Waals surface area (Å²) in [6.07, 6.45) is 2.33. The fourth-order valence-electron chi connectivity index (χ4n) is 2.69. The Morgan fingerprint density at radius 1 is 1.48 bits per heavy atom. The highest BCUT2D eigenvalue weighted by molar-refractivity contribution is 5.60. The van der Waals surface area contributed by atoms with Gasteiger partial charge in [-0.25, -0.2) is 4.98 Å². The summed E-state index contributed by atoms with van der Waals surface area (Å²) in [7, 11) is 2.11. The minimum absolute atomic E-state index is 0.0285. The number of nitrogens with one attached hydrogen (secondary N) is 2. The number of rotatable bonds is 6. The van der Waals surface area contributed by atoms with E-state index in [1.54, 1.807) is 6.07 Å². The maximum atomic E-state index is 11.1. The van der Waals surface area contributed by atoms with Gasteiger partial charge in [-0.15, -0.1) is 0 Å². The zero-order valence-electron chi connectivity index (χ0n) is 12.6. The molecule has 2 N–H and O–H groups in total. The van der Waals surface area contributed by atoms with Crippen molar-refractivity contribution >= 4 is 17.3 Å². The number of anilines is 2. The summed E-state index contributed by atoms with van der Waals surface area (Å²) in [6.45, 7) is 5.57. The molecular formula is C14H23N5O2. The van der Waals surface area contributed by atoms with Gasteiger partial charge >= 0.3 is 5.69 Å². The second kappa shape index (κ2) is 7.21. The second-order valence-electron chi connectivity index (χ2n) is 5.50. The van der Waals surface area contributed by atoms with Gasteiger partial charge in [0.15, 0.2) is 0 Å². The monoisotopic (exact) mass is 293 g/mol. The summed E-state index contributed by atoms with van der Waals surface area (Å²) in [6, 6.07) is 3.14. The first-order valence-corrected chi connectivity index (χ1v) is 7.42.